The zero-order chi connectivity index (χ0) is 21.8. The van der Waals surface area contributed by atoms with Crippen molar-refractivity contribution in [1.29, 1.82) is 0 Å². The topological polar surface area (TPSA) is 63.1 Å². The molecule has 30 heavy (non-hydrogen) atoms. The van der Waals surface area contributed by atoms with Crippen molar-refractivity contribution in [2.45, 2.75) is 18.6 Å². The van der Waals surface area contributed by atoms with Crippen LogP contribution in [0.4, 0.5) is 11.4 Å². The molecule has 3 aromatic rings. The fourth-order valence-electron chi connectivity index (χ4n) is 2.75. The number of anilines is 2. The van der Waals surface area contributed by atoms with Crippen LogP contribution in [-0.4, -0.2) is 40.5 Å². The van der Waals surface area contributed by atoms with Crippen LogP contribution in [0, 0.1) is 0 Å². The molecule has 0 atom stereocenters. The minimum absolute atomic E-state index is 0.145. The van der Waals surface area contributed by atoms with Gasteiger partial charge in [0.25, 0.3) is 0 Å². The van der Waals surface area contributed by atoms with Gasteiger partial charge in [-0.3, -0.25) is 4.79 Å². The second-order valence-corrected chi connectivity index (χ2v) is 8.74. The van der Waals surface area contributed by atoms with Gasteiger partial charge < -0.3 is 14.8 Å². The maximum Gasteiger partial charge on any atom is 0.234 e. The number of benzene rings is 2. The first kappa shape index (κ1) is 22.7. The Hall–Kier alpha value is -1.93. The summed E-state index contributed by atoms with van der Waals surface area (Å²) in [5.74, 6) is 0.672. The minimum Gasteiger partial charge on any atom is -0.378 e. The predicted molar refractivity (Wildman–Crippen MR) is 126 cm³/mol. The van der Waals surface area contributed by atoms with E-state index in [0.717, 1.165) is 17.1 Å². The van der Waals surface area contributed by atoms with Gasteiger partial charge in [-0.15, -0.1) is 10.2 Å². The summed E-state index contributed by atoms with van der Waals surface area (Å²) >= 11 is 19.3. The third-order valence-electron chi connectivity index (χ3n) is 4.27. The largest absolute Gasteiger partial charge is 0.378 e. The summed E-state index contributed by atoms with van der Waals surface area (Å²) in [6.45, 7) is 2.69. The number of thioether (sulfide) groups is 1. The molecule has 1 N–H and O–H groups in total. The number of carbonyl (C=O) groups is 1. The molecular formula is C20H20Cl3N5OS. The molecule has 0 fully saturated rings. The molecule has 0 saturated heterocycles. The lowest BCUT2D eigenvalue weighted by molar-refractivity contribution is -0.113. The van der Waals surface area contributed by atoms with Crippen LogP contribution in [0.3, 0.4) is 0 Å². The first-order chi connectivity index (χ1) is 14.3. The highest BCUT2D eigenvalue weighted by molar-refractivity contribution is 7.99. The van der Waals surface area contributed by atoms with Gasteiger partial charge in [0.05, 0.1) is 26.5 Å². The molecule has 0 aliphatic rings. The van der Waals surface area contributed by atoms with Crippen LogP contribution in [0.1, 0.15) is 6.92 Å². The molecule has 10 heteroatoms. The minimum atomic E-state index is -0.234. The second-order valence-electron chi connectivity index (χ2n) is 6.58. The van der Waals surface area contributed by atoms with Gasteiger partial charge in [-0.2, -0.15) is 0 Å². The number of aromatic nitrogens is 3. The molecule has 0 bridgehead atoms. The van der Waals surface area contributed by atoms with E-state index in [2.05, 4.69) is 21.6 Å². The molecular weight excluding hydrogens is 465 g/mol. The Morgan fingerprint density at radius 2 is 1.83 bits per heavy atom. The smallest absolute Gasteiger partial charge is 0.234 e. The number of hydrogen-bond donors (Lipinski definition) is 1. The van der Waals surface area contributed by atoms with Gasteiger partial charge in [-0.25, -0.2) is 0 Å². The number of nitrogens with one attached hydrogen (secondary N) is 1. The summed E-state index contributed by atoms with van der Waals surface area (Å²) in [7, 11) is 3.98. The number of nitrogens with zero attached hydrogens (tertiary/aromatic N) is 4. The molecule has 3 rings (SSSR count). The Balaban J connectivity index is 1.73. The lowest BCUT2D eigenvalue weighted by atomic mass is 10.2. The molecule has 1 amide bonds. The average Bonchev–Trinajstić information content (AvgIpc) is 3.13. The monoisotopic (exact) mass is 483 g/mol. The van der Waals surface area contributed by atoms with Gasteiger partial charge >= 0.3 is 0 Å². The van der Waals surface area contributed by atoms with Crippen molar-refractivity contribution < 1.29 is 4.79 Å². The Morgan fingerprint density at radius 1 is 1.10 bits per heavy atom. The summed E-state index contributed by atoms with van der Waals surface area (Å²) < 4.78 is 1.98. The van der Waals surface area contributed by atoms with E-state index in [1.54, 1.807) is 0 Å². The van der Waals surface area contributed by atoms with E-state index < -0.39 is 0 Å². The standard InChI is InChI=1S/C20H20Cl3N5OS/c1-4-28-19(12-6-5-7-13(8-12)27(2)3)25-26-20(28)30-11-18(29)24-17-10-15(22)14(21)9-16(17)23/h5-10H,4,11H2,1-3H3,(H,24,29). The van der Waals surface area contributed by atoms with Crippen molar-refractivity contribution in [1.82, 2.24) is 14.8 Å². The van der Waals surface area contributed by atoms with Crippen molar-refractivity contribution in [3.63, 3.8) is 0 Å². The van der Waals surface area contributed by atoms with Gasteiger partial charge in [-0.05, 0) is 31.2 Å². The zero-order valence-corrected chi connectivity index (χ0v) is 19.7. The summed E-state index contributed by atoms with van der Waals surface area (Å²) in [4.78, 5) is 14.4. The first-order valence-electron chi connectivity index (χ1n) is 9.08. The summed E-state index contributed by atoms with van der Waals surface area (Å²) in [5, 5.41) is 13.0. The molecule has 158 valence electrons. The molecule has 0 radical (unpaired) electrons. The first-order valence-corrected chi connectivity index (χ1v) is 11.2. The van der Waals surface area contributed by atoms with Crippen LogP contribution in [0.25, 0.3) is 11.4 Å². The number of amides is 1. The molecule has 1 aromatic heterocycles. The third kappa shape index (κ3) is 5.21. The Kier molecular flexibility index (Phi) is 7.52. The second kappa shape index (κ2) is 9.92. The van der Waals surface area contributed by atoms with Crippen LogP contribution >= 0.6 is 46.6 Å². The Morgan fingerprint density at radius 3 is 2.53 bits per heavy atom. The number of rotatable bonds is 7. The SMILES string of the molecule is CCn1c(SCC(=O)Nc2cc(Cl)c(Cl)cc2Cl)nnc1-c1cccc(N(C)C)c1. The molecule has 0 unspecified atom stereocenters. The van der Waals surface area contributed by atoms with Gasteiger partial charge in [0.15, 0.2) is 11.0 Å². The number of hydrogen-bond acceptors (Lipinski definition) is 5. The molecule has 0 saturated carbocycles. The van der Waals surface area contributed by atoms with Gasteiger partial charge in [0.1, 0.15) is 0 Å². The maximum absolute atomic E-state index is 12.4. The van der Waals surface area contributed by atoms with Gasteiger partial charge in [0, 0.05) is 31.9 Å². The van der Waals surface area contributed by atoms with E-state index in [4.69, 9.17) is 34.8 Å². The van der Waals surface area contributed by atoms with Crippen LogP contribution in [0.15, 0.2) is 41.6 Å². The molecule has 0 spiro atoms. The quantitative estimate of drug-likeness (QED) is 0.343. The van der Waals surface area contributed by atoms with E-state index in [1.165, 1.54) is 23.9 Å². The zero-order valence-electron chi connectivity index (χ0n) is 16.6. The Bertz CT molecular complexity index is 1070. The lowest BCUT2D eigenvalue weighted by Gasteiger charge is -2.14. The van der Waals surface area contributed by atoms with E-state index in [0.29, 0.717) is 32.5 Å². The van der Waals surface area contributed by atoms with E-state index in [-0.39, 0.29) is 11.7 Å². The van der Waals surface area contributed by atoms with E-state index >= 15 is 0 Å². The number of halogens is 3. The van der Waals surface area contributed by atoms with Crippen molar-refractivity contribution in [3.8, 4) is 11.4 Å². The van der Waals surface area contributed by atoms with Crippen LogP contribution in [-0.2, 0) is 11.3 Å². The van der Waals surface area contributed by atoms with Crippen molar-refractivity contribution in [2.75, 3.05) is 30.1 Å². The molecule has 0 aliphatic heterocycles. The van der Waals surface area contributed by atoms with E-state index in [1.807, 2.05) is 48.7 Å². The molecule has 6 nitrogen and oxygen atoms in total. The fraction of sp³-hybridized carbons (Fsp3) is 0.250. The van der Waals surface area contributed by atoms with Gasteiger partial charge in [-0.1, -0.05) is 58.7 Å². The number of carbonyl (C=O) groups excluding carboxylic acids is 1. The average molecular weight is 485 g/mol. The Labute approximate surface area is 194 Å². The predicted octanol–water partition coefficient (Wildman–Crippen LogP) is 5.72. The van der Waals surface area contributed by atoms with Crippen molar-refractivity contribution in [3.05, 3.63) is 51.5 Å². The highest BCUT2D eigenvalue weighted by Gasteiger charge is 2.16. The maximum atomic E-state index is 12.4. The van der Waals surface area contributed by atoms with Gasteiger partial charge in [0.2, 0.25) is 5.91 Å². The van der Waals surface area contributed by atoms with Crippen LogP contribution in [0.5, 0.6) is 0 Å². The van der Waals surface area contributed by atoms with Crippen LogP contribution in [0.2, 0.25) is 15.1 Å². The van der Waals surface area contributed by atoms with Crippen molar-refractivity contribution in [2.24, 2.45) is 0 Å². The highest BCUT2D eigenvalue weighted by Crippen LogP contribution is 2.32. The normalized spacial score (nSPS) is 10.9. The molecule has 2 aromatic carbocycles. The fourth-order valence-corrected chi connectivity index (χ4v) is 4.15. The highest BCUT2D eigenvalue weighted by atomic mass is 35.5. The molecule has 0 aliphatic carbocycles. The third-order valence-corrected chi connectivity index (χ3v) is 6.27. The molecule has 1 heterocycles. The summed E-state index contributed by atoms with van der Waals surface area (Å²) in [6.07, 6.45) is 0. The summed E-state index contributed by atoms with van der Waals surface area (Å²) in [5.41, 5.74) is 2.45. The lowest BCUT2D eigenvalue weighted by Crippen LogP contribution is -2.15. The van der Waals surface area contributed by atoms with Crippen LogP contribution < -0.4 is 10.2 Å². The van der Waals surface area contributed by atoms with Crippen molar-refractivity contribution >= 4 is 63.8 Å². The summed E-state index contributed by atoms with van der Waals surface area (Å²) in [6, 6.07) is 11.1. The van der Waals surface area contributed by atoms with E-state index in [9.17, 15) is 4.79 Å².